The van der Waals surface area contributed by atoms with E-state index in [9.17, 15) is 14.4 Å². The number of hydrogen-bond donors (Lipinski definition) is 0. The van der Waals surface area contributed by atoms with Crippen LogP contribution in [-0.4, -0.2) is 37.2 Å². The highest BCUT2D eigenvalue weighted by atomic mass is 16.6. The first-order chi connectivity index (χ1) is 28.9. The lowest BCUT2D eigenvalue weighted by Crippen LogP contribution is -2.30. The first kappa shape index (κ1) is 57.4. The number of rotatable bonds is 48. The number of hydrogen-bond acceptors (Lipinski definition) is 6. The maximum absolute atomic E-state index is 12.8. The predicted octanol–water partition coefficient (Wildman–Crippen LogP) is 17.1. The van der Waals surface area contributed by atoms with Crippen molar-refractivity contribution >= 4 is 17.9 Å². The summed E-state index contributed by atoms with van der Waals surface area (Å²) in [6, 6.07) is 0. The predicted molar refractivity (Wildman–Crippen MR) is 252 cm³/mol. The Balaban J connectivity index is 4.18. The SMILES string of the molecule is CCCCCCCCCCCCCCCCCCCCC(=O)OC[C@H](COC(=O)CCCCCCCCC)OC(=O)CCCCCCCCCCCCCCCC(C)C. The Kier molecular flexibility index (Phi) is 46.2. The summed E-state index contributed by atoms with van der Waals surface area (Å²) in [5.41, 5.74) is 0. The quantitative estimate of drug-likeness (QED) is 0.0345. The van der Waals surface area contributed by atoms with Crippen LogP contribution in [0.1, 0.15) is 297 Å². The van der Waals surface area contributed by atoms with Crippen LogP contribution >= 0.6 is 0 Å². The van der Waals surface area contributed by atoms with Gasteiger partial charge < -0.3 is 14.2 Å². The Morgan fingerprint density at radius 1 is 0.322 bits per heavy atom. The van der Waals surface area contributed by atoms with Crippen molar-refractivity contribution in [1.29, 1.82) is 0 Å². The fourth-order valence-corrected chi connectivity index (χ4v) is 8.04. The van der Waals surface area contributed by atoms with Gasteiger partial charge in [-0.05, 0) is 25.2 Å². The van der Waals surface area contributed by atoms with Crippen LogP contribution < -0.4 is 0 Å². The van der Waals surface area contributed by atoms with Crippen LogP contribution in [-0.2, 0) is 28.6 Å². The zero-order valence-corrected chi connectivity index (χ0v) is 40.2. The second-order valence-electron chi connectivity index (χ2n) is 18.6. The normalized spacial score (nSPS) is 11.9. The van der Waals surface area contributed by atoms with Crippen LogP contribution in [0.2, 0.25) is 0 Å². The summed E-state index contributed by atoms with van der Waals surface area (Å²) >= 11 is 0. The molecule has 6 heteroatoms. The largest absolute Gasteiger partial charge is 0.462 e. The number of ether oxygens (including phenoxy) is 3. The van der Waals surface area contributed by atoms with Gasteiger partial charge in [-0.15, -0.1) is 0 Å². The fraction of sp³-hybridized carbons (Fsp3) is 0.943. The van der Waals surface area contributed by atoms with E-state index >= 15 is 0 Å². The zero-order chi connectivity index (χ0) is 43.1. The Bertz CT molecular complexity index is 887. The highest BCUT2D eigenvalue weighted by molar-refractivity contribution is 5.71. The van der Waals surface area contributed by atoms with Crippen LogP contribution in [0.25, 0.3) is 0 Å². The van der Waals surface area contributed by atoms with Crippen LogP contribution in [0.3, 0.4) is 0 Å². The van der Waals surface area contributed by atoms with Crippen LogP contribution in [0.5, 0.6) is 0 Å². The second kappa shape index (κ2) is 47.5. The van der Waals surface area contributed by atoms with Crippen molar-refractivity contribution in [3.63, 3.8) is 0 Å². The van der Waals surface area contributed by atoms with Crippen LogP contribution in [0.4, 0.5) is 0 Å². The molecule has 0 N–H and O–H groups in total. The molecule has 59 heavy (non-hydrogen) atoms. The van der Waals surface area contributed by atoms with E-state index in [-0.39, 0.29) is 31.1 Å². The van der Waals surface area contributed by atoms with Crippen molar-refractivity contribution in [2.75, 3.05) is 13.2 Å². The van der Waals surface area contributed by atoms with Crippen LogP contribution in [0.15, 0.2) is 0 Å². The third-order valence-electron chi connectivity index (χ3n) is 12.0. The van der Waals surface area contributed by atoms with Crippen molar-refractivity contribution in [2.45, 2.75) is 303 Å². The molecule has 0 radical (unpaired) electrons. The third kappa shape index (κ3) is 47.3. The van der Waals surface area contributed by atoms with E-state index in [1.165, 1.54) is 193 Å². The van der Waals surface area contributed by atoms with Gasteiger partial charge in [0, 0.05) is 19.3 Å². The van der Waals surface area contributed by atoms with Gasteiger partial charge >= 0.3 is 17.9 Å². The molecular weight excluding hydrogens is 733 g/mol. The number of carbonyl (C=O) groups is 3. The summed E-state index contributed by atoms with van der Waals surface area (Å²) < 4.78 is 16.8. The minimum absolute atomic E-state index is 0.0630. The molecular formula is C53H102O6. The van der Waals surface area contributed by atoms with Crippen molar-refractivity contribution in [1.82, 2.24) is 0 Å². The van der Waals surface area contributed by atoms with Crippen molar-refractivity contribution in [2.24, 2.45) is 5.92 Å². The smallest absolute Gasteiger partial charge is 0.306 e. The minimum Gasteiger partial charge on any atom is -0.462 e. The highest BCUT2D eigenvalue weighted by Gasteiger charge is 2.19. The summed E-state index contributed by atoms with van der Waals surface area (Å²) in [6.45, 7) is 9.00. The molecule has 0 unspecified atom stereocenters. The molecule has 0 aliphatic carbocycles. The number of esters is 3. The second-order valence-corrected chi connectivity index (χ2v) is 18.6. The van der Waals surface area contributed by atoms with E-state index in [0.29, 0.717) is 19.3 Å². The van der Waals surface area contributed by atoms with Crippen molar-refractivity contribution < 1.29 is 28.6 Å². The summed E-state index contributed by atoms with van der Waals surface area (Å²) in [6.07, 6.45) is 49.6. The monoisotopic (exact) mass is 835 g/mol. The Labute approximate surface area is 368 Å². The molecule has 0 bridgehead atoms. The van der Waals surface area contributed by atoms with Crippen molar-refractivity contribution in [3.05, 3.63) is 0 Å². The molecule has 0 aliphatic heterocycles. The average Bonchev–Trinajstić information content (AvgIpc) is 3.22. The Morgan fingerprint density at radius 2 is 0.559 bits per heavy atom. The van der Waals surface area contributed by atoms with Gasteiger partial charge in [0.25, 0.3) is 0 Å². The maximum atomic E-state index is 12.8. The van der Waals surface area contributed by atoms with Gasteiger partial charge in [0.1, 0.15) is 13.2 Å². The molecule has 350 valence electrons. The Morgan fingerprint density at radius 3 is 0.831 bits per heavy atom. The summed E-state index contributed by atoms with van der Waals surface area (Å²) in [5, 5.41) is 0. The summed E-state index contributed by atoms with van der Waals surface area (Å²) in [4.78, 5) is 37.8. The Hall–Kier alpha value is -1.59. The molecule has 0 aromatic rings. The lowest BCUT2D eigenvalue weighted by Gasteiger charge is -2.18. The lowest BCUT2D eigenvalue weighted by atomic mass is 10.0. The topological polar surface area (TPSA) is 78.9 Å². The molecule has 0 rings (SSSR count). The molecule has 0 amide bonds. The maximum Gasteiger partial charge on any atom is 0.306 e. The van der Waals surface area contributed by atoms with Gasteiger partial charge in [-0.3, -0.25) is 14.4 Å². The van der Waals surface area contributed by atoms with E-state index in [2.05, 4.69) is 27.7 Å². The molecule has 0 fully saturated rings. The summed E-state index contributed by atoms with van der Waals surface area (Å²) in [5.74, 6) is -0.0119. The van der Waals surface area contributed by atoms with Crippen molar-refractivity contribution in [3.8, 4) is 0 Å². The lowest BCUT2D eigenvalue weighted by molar-refractivity contribution is -0.167. The molecule has 1 atom stereocenters. The van der Waals surface area contributed by atoms with Gasteiger partial charge in [-0.1, -0.05) is 259 Å². The number of unbranched alkanes of at least 4 members (excludes halogenated alkanes) is 35. The van der Waals surface area contributed by atoms with Gasteiger partial charge in [-0.25, -0.2) is 0 Å². The standard InChI is InChI=1S/C53H102O6/c1-5-7-9-11-13-14-15-16-17-18-19-20-23-26-29-33-37-41-45-52(55)58-48-50(47-57-51(54)44-40-36-31-12-10-8-6-2)59-53(56)46-42-38-34-30-27-24-21-22-25-28-32-35-39-43-49(3)4/h49-50H,5-48H2,1-4H3/t50-/m0/s1. The first-order valence-electron chi connectivity index (χ1n) is 26.4. The fourth-order valence-electron chi connectivity index (χ4n) is 8.04. The molecule has 0 saturated heterocycles. The zero-order valence-electron chi connectivity index (χ0n) is 40.2. The third-order valence-corrected chi connectivity index (χ3v) is 12.0. The van der Waals surface area contributed by atoms with Gasteiger partial charge in [0.05, 0.1) is 0 Å². The van der Waals surface area contributed by atoms with E-state index in [1.807, 2.05) is 0 Å². The van der Waals surface area contributed by atoms with Gasteiger partial charge in [0.15, 0.2) is 6.10 Å². The molecule has 0 aliphatic rings. The molecule has 0 heterocycles. The molecule has 6 nitrogen and oxygen atoms in total. The van der Waals surface area contributed by atoms with E-state index in [4.69, 9.17) is 14.2 Å². The van der Waals surface area contributed by atoms with E-state index in [1.54, 1.807) is 0 Å². The number of carbonyl (C=O) groups excluding carboxylic acids is 3. The van der Waals surface area contributed by atoms with Gasteiger partial charge in [-0.2, -0.15) is 0 Å². The first-order valence-corrected chi connectivity index (χ1v) is 26.4. The molecule has 0 saturated carbocycles. The van der Waals surface area contributed by atoms with E-state index in [0.717, 1.165) is 63.7 Å². The molecule has 0 aromatic carbocycles. The average molecular weight is 835 g/mol. The van der Waals surface area contributed by atoms with E-state index < -0.39 is 6.10 Å². The summed E-state index contributed by atoms with van der Waals surface area (Å²) in [7, 11) is 0. The van der Waals surface area contributed by atoms with Gasteiger partial charge in [0.2, 0.25) is 0 Å². The minimum atomic E-state index is -0.759. The molecule has 0 aromatic heterocycles. The van der Waals surface area contributed by atoms with Crippen LogP contribution in [0, 0.1) is 5.92 Å². The molecule has 0 spiro atoms. The highest BCUT2D eigenvalue weighted by Crippen LogP contribution is 2.17.